The van der Waals surface area contributed by atoms with Gasteiger partial charge in [0.15, 0.2) is 0 Å². The number of nitrogens with zero attached hydrogens (tertiary/aromatic N) is 2. The molecular formula is C31H43N3O7. The lowest BCUT2D eigenvalue weighted by Crippen LogP contribution is -2.29. The van der Waals surface area contributed by atoms with E-state index in [0.29, 0.717) is 17.7 Å². The number of benzene rings is 2. The maximum Gasteiger partial charge on any atom is 0.331 e. The highest BCUT2D eigenvalue weighted by molar-refractivity contribution is 6.11. The number of phenols is 1. The number of unbranched alkanes of at least 4 members (excludes halogenated alkanes) is 4. The number of rotatable bonds is 18. The molecule has 10 nitrogen and oxygen atoms in total. The van der Waals surface area contributed by atoms with Crippen LogP contribution in [-0.4, -0.2) is 72.9 Å². The van der Waals surface area contributed by atoms with E-state index in [2.05, 4.69) is 5.32 Å². The van der Waals surface area contributed by atoms with Gasteiger partial charge in [0.25, 0.3) is 0 Å². The van der Waals surface area contributed by atoms with Gasteiger partial charge in [-0.3, -0.25) is 19.4 Å². The molecule has 0 bridgehead atoms. The van der Waals surface area contributed by atoms with Gasteiger partial charge >= 0.3 is 12.0 Å². The monoisotopic (exact) mass is 569 g/mol. The zero-order chi connectivity index (χ0) is 29.6. The van der Waals surface area contributed by atoms with Crippen molar-refractivity contribution in [1.82, 2.24) is 10.2 Å². The van der Waals surface area contributed by atoms with E-state index in [-0.39, 0.29) is 30.8 Å². The number of anilines is 1. The Balaban J connectivity index is 1.18. The van der Waals surface area contributed by atoms with Gasteiger partial charge in [-0.05, 0) is 74.0 Å². The lowest BCUT2D eigenvalue weighted by Gasteiger charge is -2.15. The van der Waals surface area contributed by atoms with Gasteiger partial charge in [0.1, 0.15) is 18.9 Å². The second-order valence-electron chi connectivity index (χ2n) is 10.4. The van der Waals surface area contributed by atoms with Crippen molar-refractivity contribution in [2.24, 2.45) is 0 Å². The highest BCUT2D eigenvalue weighted by atomic mass is 16.5. The SMILES string of the molecule is CC(=O)OCc1cc([C@@H](O)CNCCCCCCOCCCCc2cccc(N3CC(=O)N(C)C3=O)c2)ccc1O. The van der Waals surface area contributed by atoms with E-state index in [0.717, 1.165) is 80.9 Å². The van der Waals surface area contributed by atoms with Gasteiger partial charge in [0.2, 0.25) is 5.91 Å². The van der Waals surface area contributed by atoms with Crippen molar-refractivity contribution in [2.45, 2.75) is 64.6 Å². The minimum atomic E-state index is -0.717. The Kier molecular flexibility index (Phi) is 13.1. The van der Waals surface area contributed by atoms with Crippen molar-refractivity contribution < 1.29 is 34.1 Å². The number of nitrogens with one attached hydrogen (secondary N) is 1. The molecule has 2 aromatic carbocycles. The maximum absolute atomic E-state index is 12.2. The number of aryl methyl sites for hydroxylation is 1. The third-order valence-electron chi connectivity index (χ3n) is 7.06. The minimum absolute atomic E-state index is 0.0283. The van der Waals surface area contributed by atoms with E-state index in [1.807, 2.05) is 24.3 Å². The first-order valence-electron chi connectivity index (χ1n) is 14.3. The first kappa shape index (κ1) is 32.0. The van der Waals surface area contributed by atoms with Crippen LogP contribution in [0.3, 0.4) is 0 Å². The van der Waals surface area contributed by atoms with Crippen LogP contribution in [0.2, 0.25) is 0 Å². The van der Waals surface area contributed by atoms with Crippen LogP contribution >= 0.6 is 0 Å². The van der Waals surface area contributed by atoms with Gasteiger partial charge in [-0.1, -0.05) is 31.0 Å². The number of carbonyl (C=O) groups excluding carboxylic acids is 3. The molecule has 1 fully saturated rings. The van der Waals surface area contributed by atoms with Crippen LogP contribution in [0.15, 0.2) is 42.5 Å². The van der Waals surface area contributed by atoms with Crippen molar-refractivity contribution in [3.63, 3.8) is 0 Å². The molecule has 0 radical (unpaired) electrons. The number of aromatic hydroxyl groups is 1. The fourth-order valence-corrected chi connectivity index (χ4v) is 4.59. The van der Waals surface area contributed by atoms with Crippen molar-refractivity contribution in [3.8, 4) is 5.75 Å². The fourth-order valence-electron chi connectivity index (χ4n) is 4.59. The van der Waals surface area contributed by atoms with Crippen LogP contribution < -0.4 is 10.2 Å². The topological polar surface area (TPSA) is 129 Å². The first-order valence-corrected chi connectivity index (χ1v) is 14.3. The van der Waals surface area contributed by atoms with E-state index in [1.165, 1.54) is 24.9 Å². The van der Waals surface area contributed by atoms with Crippen molar-refractivity contribution in [2.75, 3.05) is 44.8 Å². The van der Waals surface area contributed by atoms with E-state index >= 15 is 0 Å². The van der Waals surface area contributed by atoms with Crippen molar-refractivity contribution in [1.29, 1.82) is 0 Å². The van der Waals surface area contributed by atoms with E-state index in [4.69, 9.17) is 9.47 Å². The summed E-state index contributed by atoms with van der Waals surface area (Å²) >= 11 is 0. The first-order chi connectivity index (χ1) is 19.8. The summed E-state index contributed by atoms with van der Waals surface area (Å²) in [7, 11) is 1.51. The molecule has 1 aliphatic rings. The number of urea groups is 1. The van der Waals surface area contributed by atoms with Gasteiger partial charge < -0.3 is 25.0 Å². The summed E-state index contributed by atoms with van der Waals surface area (Å²) in [6.45, 7) is 4.05. The molecule has 1 atom stereocenters. The highest BCUT2D eigenvalue weighted by Crippen LogP contribution is 2.24. The molecule has 1 heterocycles. The molecule has 2 aromatic rings. The number of ether oxygens (including phenoxy) is 2. The number of imide groups is 1. The number of carbonyl (C=O) groups is 3. The van der Waals surface area contributed by atoms with Gasteiger partial charge in [0, 0.05) is 45.0 Å². The minimum Gasteiger partial charge on any atom is -0.508 e. The number of esters is 1. The normalized spacial score (nSPS) is 14.1. The van der Waals surface area contributed by atoms with Gasteiger partial charge in [-0.25, -0.2) is 4.79 Å². The van der Waals surface area contributed by atoms with E-state index in [9.17, 15) is 24.6 Å². The van der Waals surface area contributed by atoms with Gasteiger partial charge in [0.05, 0.1) is 6.10 Å². The van der Waals surface area contributed by atoms with E-state index < -0.39 is 12.1 Å². The molecule has 1 saturated heterocycles. The number of amides is 3. The van der Waals surface area contributed by atoms with E-state index in [1.54, 1.807) is 12.1 Å². The average molecular weight is 570 g/mol. The molecule has 3 N–H and O–H groups in total. The van der Waals surface area contributed by atoms with Crippen LogP contribution in [0.4, 0.5) is 10.5 Å². The quantitative estimate of drug-likeness (QED) is 0.139. The molecule has 1 aliphatic heterocycles. The standard InChI is InChI=1S/C31H43N3O7/c1-23(35)41-22-26-19-25(13-14-28(26)36)29(37)20-32-15-6-3-4-7-16-40-17-8-5-10-24-11-9-12-27(18-24)34-21-30(38)33(2)31(34)39/h9,11-14,18-19,29,32,36-37H,3-8,10,15-17,20-22H2,1-2H3/t29-/m0/s1. The van der Waals surface area contributed by atoms with Crippen LogP contribution in [0, 0.1) is 0 Å². The Morgan fingerprint density at radius 1 is 1.02 bits per heavy atom. The second-order valence-corrected chi connectivity index (χ2v) is 10.4. The predicted octanol–water partition coefficient (Wildman–Crippen LogP) is 4.08. The van der Waals surface area contributed by atoms with Crippen LogP contribution in [0.5, 0.6) is 5.75 Å². The third-order valence-corrected chi connectivity index (χ3v) is 7.06. The molecule has 41 heavy (non-hydrogen) atoms. The number of likely N-dealkylation sites (N-methyl/N-ethyl adjacent to an activating group) is 1. The fraction of sp³-hybridized carbons (Fsp3) is 0.516. The number of hydrogen-bond acceptors (Lipinski definition) is 8. The Labute approximate surface area is 242 Å². The van der Waals surface area contributed by atoms with Crippen LogP contribution in [0.1, 0.15) is 68.2 Å². The lowest BCUT2D eigenvalue weighted by atomic mass is 10.1. The zero-order valence-electron chi connectivity index (χ0n) is 24.1. The Bertz CT molecular complexity index is 1160. The molecule has 224 valence electrons. The van der Waals surface area contributed by atoms with Gasteiger partial charge in [-0.15, -0.1) is 0 Å². The smallest absolute Gasteiger partial charge is 0.331 e. The van der Waals surface area contributed by atoms with Gasteiger partial charge in [-0.2, -0.15) is 0 Å². The Hall–Kier alpha value is -3.47. The summed E-state index contributed by atoms with van der Waals surface area (Å²) in [5, 5.41) is 23.6. The maximum atomic E-state index is 12.2. The summed E-state index contributed by atoms with van der Waals surface area (Å²) in [6.07, 6.45) is 6.32. The number of hydrogen-bond donors (Lipinski definition) is 3. The average Bonchev–Trinajstić information content (AvgIpc) is 3.22. The van der Waals surface area contributed by atoms with Crippen molar-refractivity contribution >= 4 is 23.6 Å². The summed E-state index contributed by atoms with van der Waals surface area (Å²) in [5.41, 5.74) is 3.03. The molecule has 0 spiro atoms. The zero-order valence-corrected chi connectivity index (χ0v) is 24.1. The second kappa shape index (κ2) is 16.7. The van der Waals surface area contributed by atoms with Crippen LogP contribution in [-0.2, 0) is 32.1 Å². The molecule has 3 amide bonds. The Morgan fingerprint density at radius 3 is 2.51 bits per heavy atom. The number of aliphatic hydroxyl groups excluding tert-OH is 1. The molecule has 10 heteroatoms. The lowest BCUT2D eigenvalue weighted by molar-refractivity contribution is -0.142. The summed E-state index contributed by atoms with van der Waals surface area (Å²) < 4.78 is 10.7. The predicted molar refractivity (Wildman–Crippen MR) is 156 cm³/mol. The summed E-state index contributed by atoms with van der Waals surface area (Å²) in [4.78, 5) is 37.7. The molecule has 3 rings (SSSR count). The largest absolute Gasteiger partial charge is 0.508 e. The summed E-state index contributed by atoms with van der Waals surface area (Å²) in [5.74, 6) is -0.581. The molecule has 0 saturated carbocycles. The van der Waals surface area contributed by atoms with Crippen LogP contribution in [0.25, 0.3) is 0 Å². The number of aliphatic hydroxyl groups is 1. The summed E-state index contributed by atoms with van der Waals surface area (Å²) in [6, 6.07) is 12.4. The van der Waals surface area contributed by atoms with Crippen molar-refractivity contribution in [3.05, 3.63) is 59.2 Å². The third kappa shape index (κ3) is 10.5. The number of phenolic OH excluding ortho intramolecular Hbond substituents is 1. The molecule has 0 unspecified atom stereocenters. The Morgan fingerprint density at radius 2 is 1.78 bits per heavy atom. The molecule has 0 aromatic heterocycles. The molecule has 0 aliphatic carbocycles. The molecular weight excluding hydrogens is 526 g/mol. The highest BCUT2D eigenvalue weighted by Gasteiger charge is 2.33.